The zero-order chi connectivity index (χ0) is 20.6. The summed E-state index contributed by atoms with van der Waals surface area (Å²) in [5, 5.41) is 0. The molecule has 0 aliphatic heterocycles. The predicted octanol–water partition coefficient (Wildman–Crippen LogP) is 4.65. The van der Waals surface area contributed by atoms with Crippen molar-refractivity contribution in [3.8, 4) is 0 Å². The largest absolute Gasteiger partial charge is 0.463 e. The van der Waals surface area contributed by atoms with Gasteiger partial charge in [-0.05, 0) is 43.2 Å². The van der Waals surface area contributed by atoms with Crippen LogP contribution in [-0.4, -0.2) is 28.9 Å². The molecule has 0 aromatic heterocycles. The number of nitrogens with zero attached hydrogens (tertiary/aromatic N) is 1. The molecule has 0 saturated heterocycles. The molecule has 1 amide bonds. The molecular weight excluding hydrogens is 374 g/mol. The van der Waals surface area contributed by atoms with Crippen molar-refractivity contribution in [2.24, 2.45) is 4.36 Å². The minimum absolute atomic E-state index is 0.295. The summed E-state index contributed by atoms with van der Waals surface area (Å²) in [6.45, 7) is 4.23. The molecule has 0 N–H and O–H groups in total. The Morgan fingerprint density at radius 3 is 2.54 bits per heavy atom. The average molecular weight is 400 g/mol. The fraction of sp³-hybridized carbons (Fsp3) is 0.273. The molecule has 2 aromatic rings. The SMILES string of the molecule is CCCCOC(=O)/C=C/c1ccc(C)cc1C(=O)N=S(C)(=O)c1ccccc1. The van der Waals surface area contributed by atoms with Gasteiger partial charge in [-0.2, -0.15) is 4.36 Å². The van der Waals surface area contributed by atoms with Crippen molar-refractivity contribution in [3.63, 3.8) is 0 Å². The van der Waals surface area contributed by atoms with Gasteiger partial charge in [0.15, 0.2) is 0 Å². The molecule has 148 valence electrons. The Balaban J connectivity index is 2.31. The van der Waals surface area contributed by atoms with E-state index in [4.69, 9.17) is 4.74 Å². The van der Waals surface area contributed by atoms with E-state index in [9.17, 15) is 13.8 Å². The first-order valence-electron chi connectivity index (χ1n) is 9.10. The molecule has 0 fully saturated rings. The molecule has 1 unspecified atom stereocenters. The van der Waals surface area contributed by atoms with E-state index in [2.05, 4.69) is 4.36 Å². The molecule has 2 aromatic carbocycles. The third-order valence-electron chi connectivity index (χ3n) is 4.02. The zero-order valence-electron chi connectivity index (χ0n) is 16.4. The van der Waals surface area contributed by atoms with Gasteiger partial charge in [0.1, 0.15) is 0 Å². The van der Waals surface area contributed by atoms with E-state index in [0.717, 1.165) is 18.4 Å². The van der Waals surface area contributed by atoms with Crippen LogP contribution in [0.1, 0.15) is 41.3 Å². The lowest BCUT2D eigenvalue weighted by atomic mass is 10.0. The van der Waals surface area contributed by atoms with Gasteiger partial charge in [0.2, 0.25) is 0 Å². The second-order valence-electron chi connectivity index (χ2n) is 6.46. The number of rotatable bonds is 7. The molecule has 1 atom stereocenters. The molecule has 28 heavy (non-hydrogen) atoms. The summed E-state index contributed by atoms with van der Waals surface area (Å²) in [5.74, 6) is -1.05. The number of hydrogen-bond donors (Lipinski definition) is 0. The number of esters is 1. The molecule has 0 spiro atoms. The zero-order valence-corrected chi connectivity index (χ0v) is 17.2. The lowest BCUT2D eigenvalue weighted by molar-refractivity contribution is -0.137. The standard InChI is InChI=1S/C22H25NO4S/c1-4-5-15-27-21(24)14-13-18-12-11-17(2)16-20(18)22(25)23-28(3,26)19-9-7-6-8-10-19/h6-14,16H,4-5,15H2,1-3H3/b14-13+. The predicted molar refractivity (Wildman–Crippen MR) is 112 cm³/mol. The summed E-state index contributed by atoms with van der Waals surface area (Å²) in [6, 6.07) is 13.9. The summed E-state index contributed by atoms with van der Waals surface area (Å²) in [6.07, 6.45) is 5.99. The highest BCUT2D eigenvalue weighted by atomic mass is 32.2. The van der Waals surface area contributed by atoms with Crippen LogP contribution in [-0.2, 0) is 19.3 Å². The van der Waals surface area contributed by atoms with Crippen LogP contribution >= 0.6 is 0 Å². The number of aryl methyl sites for hydroxylation is 1. The van der Waals surface area contributed by atoms with E-state index in [1.807, 2.05) is 26.0 Å². The van der Waals surface area contributed by atoms with Crippen LogP contribution < -0.4 is 0 Å². The van der Waals surface area contributed by atoms with E-state index in [-0.39, 0.29) is 0 Å². The van der Waals surface area contributed by atoms with E-state index in [0.29, 0.717) is 22.6 Å². The summed E-state index contributed by atoms with van der Waals surface area (Å²) in [5.41, 5.74) is 1.68. The van der Waals surface area contributed by atoms with Gasteiger partial charge in [0.25, 0.3) is 5.91 Å². The van der Waals surface area contributed by atoms with E-state index < -0.39 is 21.6 Å². The van der Waals surface area contributed by atoms with Crippen molar-refractivity contribution in [3.05, 3.63) is 71.3 Å². The normalized spacial score (nSPS) is 13.1. The minimum atomic E-state index is -2.87. The quantitative estimate of drug-likeness (QED) is 0.386. The summed E-state index contributed by atoms with van der Waals surface area (Å²) in [4.78, 5) is 25.0. The fourth-order valence-corrected chi connectivity index (χ4v) is 3.64. The molecule has 0 heterocycles. The number of hydrogen-bond acceptors (Lipinski definition) is 4. The van der Waals surface area contributed by atoms with Crippen LogP contribution in [0.15, 0.2) is 63.9 Å². The summed E-state index contributed by atoms with van der Waals surface area (Å²) in [7, 11) is -2.87. The Kier molecular flexibility index (Phi) is 7.70. The highest BCUT2D eigenvalue weighted by Crippen LogP contribution is 2.18. The fourth-order valence-electron chi connectivity index (χ4n) is 2.46. The Morgan fingerprint density at radius 1 is 1.14 bits per heavy atom. The van der Waals surface area contributed by atoms with Gasteiger partial charge in [-0.1, -0.05) is 49.2 Å². The van der Waals surface area contributed by atoms with Crippen molar-refractivity contribution < 1.29 is 18.5 Å². The number of amides is 1. The number of benzene rings is 2. The number of unbranched alkanes of at least 4 members (excludes halogenated alkanes) is 1. The molecule has 0 bridgehead atoms. The van der Waals surface area contributed by atoms with Crippen LogP contribution in [0.25, 0.3) is 6.08 Å². The summed E-state index contributed by atoms with van der Waals surface area (Å²) < 4.78 is 22.0. The second kappa shape index (κ2) is 9.99. The molecule has 0 aliphatic rings. The Hall–Kier alpha value is -2.73. The first kappa shape index (κ1) is 21.6. The van der Waals surface area contributed by atoms with E-state index >= 15 is 0 Å². The van der Waals surface area contributed by atoms with Gasteiger partial charge in [-0.15, -0.1) is 0 Å². The number of carbonyl (C=O) groups is 2. The Labute approximate surface area is 166 Å². The van der Waals surface area contributed by atoms with E-state index in [1.165, 1.54) is 18.4 Å². The van der Waals surface area contributed by atoms with Gasteiger partial charge in [0.05, 0.1) is 16.3 Å². The van der Waals surface area contributed by atoms with E-state index in [1.54, 1.807) is 36.4 Å². The lowest BCUT2D eigenvalue weighted by Crippen LogP contribution is -2.06. The first-order valence-corrected chi connectivity index (χ1v) is 11.0. The third-order valence-corrected chi connectivity index (χ3v) is 5.68. The maximum Gasteiger partial charge on any atom is 0.330 e. The summed E-state index contributed by atoms with van der Waals surface area (Å²) >= 11 is 0. The van der Waals surface area contributed by atoms with Crippen molar-refractivity contribution in [1.82, 2.24) is 0 Å². The third kappa shape index (κ3) is 6.16. The van der Waals surface area contributed by atoms with Crippen LogP contribution in [0.2, 0.25) is 0 Å². The van der Waals surface area contributed by atoms with Gasteiger partial charge < -0.3 is 4.74 Å². The smallest absolute Gasteiger partial charge is 0.330 e. The molecule has 6 heteroatoms. The van der Waals surface area contributed by atoms with Crippen molar-refractivity contribution >= 4 is 27.7 Å². The second-order valence-corrected chi connectivity index (χ2v) is 8.72. The lowest BCUT2D eigenvalue weighted by Gasteiger charge is -2.07. The number of ether oxygens (including phenoxy) is 1. The Morgan fingerprint density at radius 2 is 1.86 bits per heavy atom. The molecule has 0 radical (unpaired) electrons. The van der Waals surface area contributed by atoms with Crippen LogP contribution in [0.4, 0.5) is 0 Å². The van der Waals surface area contributed by atoms with Crippen LogP contribution in [0.3, 0.4) is 0 Å². The maximum absolute atomic E-state index is 12.9. The van der Waals surface area contributed by atoms with Crippen molar-refractivity contribution in [1.29, 1.82) is 0 Å². The van der Waals surface area contributed by atoms with Gasteiger partial charge in [0, 0.05) is 22.8 Å². The highest BCUT2D eigenvalue weighted by molar-refractivity contribution is 7.93. The molecule has 2 rings (SSSR count). The molecular formula is C22H25NO4S. The first-order chi connectivity index (χ1) is 13.3. The van der Waals surface area contributed by atoms with Crippen molar-refractivity contribution in [2.45, 2.75) is 31.6 Å². The van der Waals surface area contributed by atoms with Crippen LogP contribution in [0.5, 0.6) is 0 Å². The topological polar surface area (TPSA) is 72.8 Å². The minimum Gasteiger partial charge on any atom is -0.463 e. The van der Waals surface area contributed by atoms with Crippen molar-refractivity contribution in [2.75, 3.05) is 12.9 Å². The number of carbonyl (C=O) groups excluding carboxylic acids is 2. The highest BCUT2D eigenvalue weighted by Gasteiger charge is 2.14. The molecule has 0 aliphatic carbocycles. The van der Waals surface area contributed by atoms with Crippen LogP contribution in [0, 0.1) is 6.92 Å². The van der Waals surface area contributed by atoms with Gasteiger partial charge in [-0.25, -0.2) is 9.00 Å². The Bertz CT molecular complexity index is 987. The van der Waals surface area contributed by atoms with Gasteiger partial charge >= 0.3 is 5.97 Å². The molecule has 0 saturated carbocycles. The van der Waals surface area contributed by atoms with Gasteiger partial charge in [-0.3, -0.25) is 4.79 Å². The monoisotopic (exact) mass is 399 g/mol. The maximum atomic E-state index is 12.9. The molecule has 5 nitrogen and oxygen atoms in total. The average Bonchev–Trinajstić information content (AvgIpc) is 2.67.